The minimum Gasteiger partial charge on any atom is -0.396 e. The highest BCUT2D eigenvalue weighted by atomic mass is 19.1. The van der Waals surface area contributed by atoms with Crippen LogP contribution in [0.1, 0.15) is 43.7 Å². The van der Waals surface area contributed by atoms with Crippen LogP contribution in [0.15, 0.2) is 24.3 Å². The third-order valence-corrected chi connectivity index (χ3v) is 4.23. The van der Waals surface area contributed by atoms with E-state index < -0.39 is 0 Å². The molecular formula is C16H25FN2O. The lowest BCUT2D eigenvalue weighted by atomic mass is 10.0. The van der Waals surface area contributed by atoms with E-state index in [0.29, 0.717) is 11.6 Å². The van der Waals surface area contributed by atoms with E-state index in [9.17, 15) is 4.39 Å². The zero-order valence-electron chi connectivity index (χ0n) is 12.0. The number of likely N-dealkylation sites (tertiary alicyclic amines) is 1. The standard InChI is InChI=1S/C16H25FN2O/c17-15-8-2-1-7-14(15)16(18)9-11-19-10-3-5-13(19)6-4-12-20/h1-2,7-8,13,16,20H,3-6,9-12,18H2. The molecule has 20 heavy (non-hydrogen) atoms. The predicted molar refractivity (Wildman–Crippen MR) is 78.9 cm³/mol. The van der Waals surface area contributed by atoms with Crippen molar-refractivity contribution in [2.75, 3.05) is 19.7 Å². The molecule has 1 fully saturated rings. The molecular weight excluding hydrogens is 255 g/mol. The first-order valence-corrected chi connectivity index (χ1v) is 7.57. The fraction of sp³-hybridized carbons (Fsp3) is 0.625. The Labute approximate surface area is 120 Å². The van der Waals surface area contributed by atoms with Crippen LogP contribution < -0.4 is 5.73 Å². The van der Waals surface area contributed by atoms with Crippen LogP contribution >= 0.6 is 0 Å². The number of benzene rings is 1. The van der Waals surface area contributed by atoms with Gasteiger partial charge in [0.25, 0.3) is 0 Å². The molecule has 112 valence electrons. The average Bonchev–Trinajstić information content (AvgIpc) is 2.90. The predicted octanol–water partition coefficient (Wildman–Crippen LogP) is 2.45. The average molecular weight is 280 g/mol. The topological polar surface area (TPSA) is 49.5 Å². The molecule has 1 aromatic carbocycles. The van der Waals surface area contributed by atoms with Crippen molar-refractivity contribution in [3.63, 3.8) is 0 Å². The minimum absolute atomic E-state index is 0.210. The van der Waals surface area contributed by atoms with Gasteiger partial charge in [0.1, 0.15) is 5.82 Å². The van der Waals surface area contributed by atoms with Gasteiger partial charge in [-0.25, -0.2) is 4.39 Å². The molecule has 3 N–H and O–H groups in total. The molecule has 0 amide bonds. The molecule has 2 atom stereocenters. The monoisotopic (exact) mass is 280 g/mol. The van der Waals surface area contributed by atoms with E-state index in [1.165, 1.54) is 18.9 Å². The van der Waals surface area contributed by atoms with Crippen LogP contribution in [0.2, 0.25) is 0 Å². The van der Waals surface area contributed by atoms with E-state index in [0.717, 1.165) is 32.4 Å². The first-order valence-electron chi connectivity index (χ1n) is 7.57. The number of hydrogen-bond donors (Lipinski definition) is 2. The number of nitrogens with two attached hydrogens (primary N) is 1. The molecule has 1 saturated heterocycles. The van der Waals surface area contributed by atoms with Gasteiger partial charge < -0.3 is 15.7 Å². The van der Waals surface area contributed by atoms with E-state index in [4.69, 9.17) is 10.8 Å². The summed E-state index contributed by atoms with van der Waals surface area (Å²) in [5, 5.41) is 8.93. The van der Waals surface area contributed by atoms with Gasteiger partial charge in [0.05, 0.1) is 0 Å². The van der Waals surface area contributed by atoms with E-state index in [2.05, 4.69) is 4.90 Å². The fourth-order valence-corrected chi connectivity index (χ4v) is 3.08. The Balaban J connectivity index is 1.83. The smallest absolute Gasteiger partial charge is 0.127 e. The first-order chi connectivity index (χ1) is 9.72. The second-order valence-corrected chi connectivity index (χ2v) is 5.61. The Morgan fingerprint density at radius 1 is 1.40 bits per heavy atom. The second-order valence-electron chi connectivity index (χ2n) is 5.61. The second kappa shape index (κ2) is 7.72. The number of nitrogens with zero attached hydrogens (tertiary/aromatic N) is 1. The first kappa shape index (κ1) is 15.4. The van der Waals surface area contributed by atoms with Gasteiger partial charge in [0.2, 0.25) is 0 Å². The van der Waals surface area contributed by atoms with Gasteiger partial charge in [-0.05, 0) is 44.7 Å². The number of aliphatic hydroxyl groups excluding tert-OH is 1. The van der Waals surface area contributed by atoms with Crippen LogP contribution in [0, 0.1) is 5.82 Å². The lowest BCUT2D eigenvalue weighted by molar-refractivity contribution is 0.210. The van der Waals surface area contributed by atoms with Crippen LogP contribution in [0.25, 0.3) is 0 Å². The van der Waals surface area contributed by atoms with Crippen molar-refractivity contribution in [3.05, 3.63) is 35.6 Å². The van der Waals surface area contributed by atoms with Gasteiger partial charge in [-0.2, -0.15) is 0 Å². The molecule has 0 spiro atoms. The third kappa shape index (κ3) is 4.01. The van der Waals surface area contributed by atoms with Gasteiger partial charge in [-0.15, -0.1) is 0 Å². The maximum Gasteiger partial charge on any atom is 0.127 e. The van der Waals surface area contributed by atoms with E-state index >= 15 is 0 Å². The molecule has 1 aromatic rings. The Hall–Kier alpha value is -0.970. The molecule has 1 aliphatic heterocycles. The number of aliphatic hydroxyl groups is 1. The lowest BCUT2D eigenvalue weighted by Gasteiger charge is -2.25. The fourth-order valence-electron chi connectivity index (χ4n) is 3.08. The Bertz CT molecular complexity index is 413. The summed E-state index contributed by atoms with van der Waals surface area (Å²) in [4.78, 5) is 2.44. The zero-order valence-corrected chi connectivity index (χ0v) is 12.0. The van der Waals surface area contributed by atoms with Crippen LogP contribution in [-0.2, 0) is 0 Å². The van der Waals surface area contributed by atoms with Gasteiger partial charge in [-0.3, -0.25) is 0 Å². The molecule has 0 saturated carbocycles. The van der Waals surface area contributed by atoms with Gasteiger partial charge in [0, 0.05) is 30.8 Å². The zero-order chi connectivity index (χ0) is 14.4. The highest BCUT2D eigenvalue weighted by molar-refractivity contribution is 5.20. The van der Waals surface area contributed by atoms with E-state index in [1.807, 2.05) is 6.07 Å². The summed E-state index contributed by atoms with van der Waals surface area (Å²) in [6, 6.07) is 7.09. The highest BCUT2D eigenvalue weighted by Crippen LogP contribution is 2.24. The number of hydrogen-bond acceptors (Lipinski definition) is 3. The van der Waals surface area contributed by atoms with Crippen molar-refractivity contribution in [1.29, 1.82) is 0 Å². The van der Waals surface area contributed by atoms with Gasteiger partial charge in [-0.1, -0.05) is 18.2 Å². The highest BCUT2D eigenvalue weighted by Gasteiger charge is 2.24. The van der Waals surface area contributed by atoms with Crippen molar-refractivity contribution in [2.45, 2.75) is 44.2 Å². The van der Waals surface area contributed by atoms with Crippen molar-refractivity contribution in [1.82, 2.24) is 4.90 Å². The maximum absolute atomic E-state index is 13.7. The lowest BCUT2D eigenvalue weighted by Crippen LogP contribution is -2.32. The minimum atomic E-state index is -0.240. The summed E-state index contributed by atoms with van der Waals surface area (Å²) < 4.78 is 13.7. The van der Waals surface area contributed by atoms with Crippen molar-refractivity contribution >= 4 is 0 Å². The largest absolute Gasteiger partial charge is 0.396 e. The Morgan fingerprint density at radius 2 is 2.20 bits per heavy atom. The Morgan fingerprint density at radius 3 is 2.95 bits per heavy atom. The summed E-state index contributed by atoms with van der Waals surface area (Å²) in [5.74, 6) is -0.210. The van der Waals surface area contributed by atoms with Crippen molar-refractivity contribution in [2.24, 2.45) is 5.73 Å². The summed E-state index contributed by atoms with van der Waals surface area (Å²) in [5.41, 5.74) is 6.72. The summed E-state index contributed by atoms with van der Waals surface area (Å²) in [7, 11) is 0. The molecule has 0 aliphatic carbocycles. The van der Waals surface area contributed by atoms with Gasteiger partial charge in [0.15, 0.2) is 0 Å². The van der Waals surface area contributed by atoms with Crippen molar-refractivity contribution < 1.29 is 9.50 Å². The number of rotatable bonds is 7. The van der Waals surface area contributed by atoms with Crippen LogP contribution in [0.5, 0.6) is 0 Å². The molecule has 0 radical (unpaired) electrons. The molecule has 0 bridgehead atoms. The van der Waals surface area contributed by atoms with Crippen LogP contribution in [0.4, 0.5) is 4.39 Å². The molecule has 2 unspecified atom stereocenters. The molecule has 0 aromatic heterocycles. The molecule has 4 heteroatoms. The van der Waals surface area contributed by atoms with Gasteiger partial charge >= 0.3 is 0 Å². The summed E-state index contributed by atoms with van der Waals surface area (Å²) >= 11 is 0. The normalized spacial score (nSPS) is 21.2. The molecule has 2 rings (SSSR count). The Kier molecular flexibility index (Phi) is 5.95. The molecule has 1 aliphatic rings. The summed E-state index contributed by atoms with van der Waals surface area (Å²) in [6.45, 7) is 2.27. The van der Waals surface area contributed by atoms with Crippen LogP contribution in [-0.4, -0.2) is 35.7 Å². The van der Waals surface area contributed by atoms with E-state index in [-0.39, 0.29) is 18.5 Å². The quantitative estimate of drug-likeness (QED) is 0.806. The molecule has 1 heterocycles. The maximum atomic E-state index is 13.7. The number of halogens is 1. The van der Waals surface area contributed by atoms with E-state index in [1.54, 1.807) is 12.1 Å². The molecule has 3 nitrogen and oxygen atoms in total. The van der Waals surface area contributed by atoms with Crippen molar-refractivity contribution in [3.8, 4) is 0 Å². The van der Waals surface area contributed by atoms with Crippen LogP contribution in [0.3, 0.4) is 0 Å². The SMILES string of the molecule is NC(CCN1CCCC1CCCO)c1ccccc1F. The third-order valence-electron chi connectivity index (χ3n) is 4.23. The summed E-state index contributed by atoms with van der Waals surface area (Å²) in [6.07, 6.45) is 5.10.